The number of anilines is 6. The number of carbonyl (C=O) groups excluding carboxylic acids is 2. The fourth-order valence-electron chi connectivity index (χ4n) is 8.58. The van der Waals surface area contributed by atoms with Gasteiger partial charge in [-0.25, -0.2) is 31.1 Å². The van der Waals surface area contributed by atoms with Gasteiger partial charge in [-0.15, -0.1) is 10.2 Å². The van der Waals surface area contributed by atoms with Crippen molar-refractivity contribution < 1.29 is 40.2 Å². The highest BCUT2D eigenvalue weighted by Crippen LogP contribution is 2.46. The third-order valence-electron chi connectivity index (χ3n) is 13.7. The van der Waals surface area contributed by atoms with Crippen molar-refractivity contribution in [3.63, 3.8) is 0 Å². The van der Waals surface area contributed by atoms with E-state index in [0.29, 0.717) is 22.5 Å². The molecular weight excluding hydrogens is 1250 g/mol. The number of aromatic nitrogens is 2. The number of alkyl halides is 4. The second-order valence-corrected chi connectivity index (χ2v) is 26.0. The van der Waals surface area contributed by atoms with Crippen LogP contribution in [0.15, 0.2) is 185 Å². The smallest absolute Gasteiger partial charge is 0.344 e. The van der Waals surface area contributed by atoms with Crippen molar-refractivity contribution in [2.75, 3.05) is 71.7 Å². The average molecular weight is 1310 g/mol. The Labute approximate surface area is 529 Å². The van der Waals surface area contributed by atoms with Crippen molar-refractivity contribution in [3.05, 3.63) is 185 Å². The van der Waals surface area contributed by atoms with Gasteiger partial charge in [-0.05, 0) is 141 Å². The predicted molar refractivity (Wildman–Crippen MR) is 347 cm³/mol. The van der Waals surface area contributed by atoms with Crippen LogP contribution in [0.2, 0.25) is 0 Å². The molecule has 0 aliphatic rings. The zero-order chi connectivity index (χ0) is 63.8. The van der Waals surface area contributed by atoms with E-state index in [-0.39, 0.29) is 72.4 Å². The van der Waals surface area contributed by atoms with Gasteiger partial charge in [0.25, 0.3) is 26.0 Å². The maximum absolute atomic E-state index is 13.1. The van der Waals surface area contributed by atoms with E-state index < -0.39 is 41.6 Å². The number of benzene rings is 7. The molecule has 1 amide bonds. The monoisotopic (exact) mass is 1310 g/mol. The van der Waals surface area contributed by atoms with Crippen LogP contribution in [0.4, 0.5) is 57.3 Å². The molecule has 3 N–H and O–H groups in total. The molecular formula is C61H60Cl4N12O9S2. The number of esters is 1. The molecule has 0 radical (unpaired) electrons. The molecule has 21 nitrogen and oxygen atoms in total. The van der Waals surface area contributed by atoms with E-state index in [2.05, 4.69) is 175 Å². The van der Waals surface area contributed by atoms with E-state index >= 15 is 0 Å². The summed E-state index contributed by atoms with van der Waals surface area (Å²) < 4.78 is 72.6. The van der Waals surface area contributed by atoms with Crippen molar-refractivity contribution >= 4 is 146 Å². The van der Waals surface area contributed by atoms with Crippen LogP contribution in [-0.2, 0) is 29.6 Å². The molecule has 9 rings (SSSR count). The van der Waals surface area contributed by atoms with Crippen molar-refractivity contribution in [3.8, 4) is 5.75 Å². The summed E-state index contributed by atoms with van der Waals surface area (Å²) in [6.45, 7) is 6.64. The molecule has 88 heavy (non-hydrogen) atoms. The summed E-state index contributed by atoms with van der Waals surface area (Å²) in [7, 11) is 4.29. The first-order chi connectivity index (χ1) is 41.7. The lowest BCUT2D eigenvalue weighted by Crippen LogP contribution is -2.19. The number of hydrogen-bond acceptors (Lipinski definition) is 18. The Morgan fingerprint density at radius 3 is 1.27 bits per heavy atom. The van der Waals surface area contributed by atoms with Gasteiger partial charge in [-0.3, -0.25) is 4.79 Å². The minimum Gasteiger partial charge on any atom is -0.421 e. The Morgan fingerprint density at radius 1 is 0.523 bits per heavy atom. The molecule has 27 heteroatoms. The lowest BCUT2D eigenvalue weighted by atomic mass is 9.85. The summed E-state index contributed by atoms with van der Waals surface area (Å²) in [5, 5.41) is 27.6. The van der Waals surface area contributed by atoms with Crippen LogP contribution in [-0.4, -0.2) is 91.0 Å². The van der Waals surface area contributed by atoms with E-state index in [0.717, 1.165) is 0 Å². The molecule has 0 fully saturated rings. The number of nitrogens with one attached hydrogen (secondary N) is 3. The molecule has 0 bridgehead atoms. The quantitative estimate of drug-likeness (QED) is 0.0211. The Kier molecular flexibility index (Phi) is 20.9. The highest BCUT2D eigenvalue weighted by atomic mass is 35.5. The van der Waals surface area contributed by atoms with Gasteiger partial charge in [-0.2, -0.15) is 10.2 Å². The molecule has 0 unspecified atom stereocenters. The minimum atomic E-state index is -4.08. The van der Waals surface area contributed by atoms with E-state index in [1.54, 1.807) is 27.7 Å². The Balaban J connectivity index is 0.000000298. The minimum absolute atomic E-state index is 0.0261. The molecule has 7 aromatic carbocycles. The lowest BCUT2D eigenvalue weighted by Gasteiger charge is -2.22. The number of rotatable bonds is 20. The van der Waals surface area contributed by atoms with Gasteiger partial charge in [0.2, 0.25) is 16.6 Å². The van der Waals surface area contributed by atoms with Gasteiger partial charge < -0.3 is 33.8 Å². The van der Waals surface area contributed by atoms with Crippen LogP contribution in [0.25, 0.3) is 10.8 Å². The summed E-state index contributed by atoms with van der Waals surface area (Å²) in [4.78, 5) is 28.5. The third-order valence-corrected chi connectivity index (χ3v) is 17.2. The van der Waals surface area contributed by atoms with Gasteiger partial charge in [0.05, 0.1) is 43.9 Å². The fourth-order valence-corrected chi connectivity index (χ4v) is 10.9. The van der Waals surface area contributed by atoms with Gasteiger partial charge in [-0.1, -0.05) is 105 Å². The first-order valence-corrected chi connectivity index (χ1v) is 31.4. The topological polar surface area (TPSA) is 259 Å². The molecule has 0 aliphatic heterocycles. The Hall–Kier alpha value is -8.58. The maximum Gasteiger partial charge on any atom is 0.344 e. The van der Waals surface area contributed by atoms with Crippen LogP contribution in [0.3, 0.4) is 0 Å². The number of halogens is 4. The van der Waals surface area contributed by atoms with E-state index in [9.17, 15) is 26.4 Å². The van der Waals surface area contributed by atoms with E-state index in [1.165, 1.54) is 107 Å². The summed E-state index contributed by atoms with van der Waals surface area (Å²) in [5.41, 5.74) is 10.0. The number of azo groups is 2. The summed E-state index contributed by atoms with van der Waals surface area (Å²) in [5.74, 6) is -1.94. The number of fused-ring (bicyclic) bond motifs is 1. The maximum atomic E-state index is 13.1. The molecule has 0 saturated heterocycles. The molecule has 9 aromatic rings. The second-order valence-electron chi connectivity index (χ2n) is 20.4. The van der Waals surface area contributed by atoms with Gasteiger partial charge in [0.15, 0.2) is 10.6 Å². The van der Waals surface area contributed by atoms with E-state index in [1.807, 2.05) is 0 Å². The first kappa shape index (κ1) is 65.4. The first-order valence-electron chi connectivity index (χ1n) is 26.7. The van der Waals surface area contributed by atoms with Crippen LogP contribution in [0.5, 0.6) is 5.75 Å². The third kappa shape index (κ3) is 15.8. The number of ether oxygens (including phenoxy) is 1. The summed E-state index contributed by atoms with van der Waals surface area (Å²) >= 11 is 23.4. The van der Waals surface area contributed by atoms with Crippen LogP contribution in [0.1, 0.15) is 45.1 Å². The summed E-state index contributed by atoms with van der Waals surface area (Å²) in [6, 6.07) is 43.2. The van der Waals surface area contributed by atoms with Crippen molar-refractivity contribution in [1.82, 2.24) is 10.3 Å². The molecule has 458 valence electrons. The Bertz CT molecular complexity index is 4140. The molecule has 0 atom stereocenters. The summed E-state index contributed by atoms with van der Waals surface area (Å²) in [6.07, 6.45) is 0. The van der Waals surface area contributed by atoms with Gasteiger partial charge in [0.1, 0.15) is 5.69 Å². The number of aryl methyl sites for hydroxylation is 2. The number of amides is 1. The number of hydrogen-bond donors (Lipinski definition) is 3. The highest BCUT2D eigenvalue weighted by molar-refractivity contribution is 7.93. The molecule has 2 heterocycles. The predicted octanol–water partition coefficient (Wildman–Crippen LogP) is 15.0. The van der Waals surface area contributed by atoms with Crippen LogP contribution < -0.4 is 34.2 Å². The van der Waals surface area contributed by atoms with Crippen molar-refractivity contribution in [1.29, 1.82) is 0 Å². The highest BCUT2D eigenvalue weighted by Gasteiger charge is 2.26. The van der Waals surface area contributed by atoms with Gasteiger partial charge >= 0.3 is 5.97 Å². The largest absolute Gasteiger partial charge is 0.421 e. The molecule has 0 saturated carbocycles. The fraction of sp³-hybridized carbons (Fsp3) is 0.213. The average Bonchev–Trinajstić information content (AvgIpc) is 1.55. The molecule has 0 spiro atoms. The van der Waals surface area contributed by atoms with Gasteiger partial charge in [0, 0.05) is 87.2 Å². The van der Waals surface area contributed by atoms with Crippen molar-refractivity contribution in [2.24, 2.45) is 20.5 Å². The number of carbonyl (C=O) groups is 2. The SMILES string of the molecule is CN(C)c1ccc(C(c2ccc(N(C)C)cc2)c2ccc(N(C)C)cc2)cc1.Cc1noc(NS(=O)(=O)c2ccc(N=Nc3cc(N=Nc4ccc(S(=O)(=O)Nc5onc(C)c5C)cc4)c4c(NC(=O)C(Cl)Cl)cccc4c3OC(=O)C(Cl)Cl)cc2)c1C. The zero-order valence-corrected chi connectivity index (χ0v) is 53.8. The molecule has 2 aromatic heterocycles. The second kappa shape index (κ2) is 28.1. The van der Waals surface area contributed by atoms with E-state index in [4.69, 9.17) is 60.2 Å². The van der Waals surface area contributed by atoms with Crippen molar-refractivity contribution in [2.45, 2.75) is 53.1 Å². The zero-order valence-electron chi connectivity index (χ0n) is 49.1. The number of sulfonamides is 2. The normalized spacial score (nSPS) is 11.8. The lowest BCUT2D eigenvalue weighted by molar-refractivity contribution is -0.132. The molecule has 0 aliphatic carbocycles. The van der Waals surface area contributed by atoms with Crippen LogP contribution in [0, 0.1) is 27.7 Å². The number of nitrogens with zero attached hydrogens (tertiary/aromatic N) is 9. The standard InChI is InChI=1S/C36H29Cl4N9O9S2.C25H31N3/c1-17-19(3)46-57-34(17)48-59(52,53)23-12-8-21(9-13-23)42-44-27-16-28(30(56-36(51)32(39)40)25-6-5-7-26(29(25)27)41-33(50)31(37)38)45-43-22-10-14-24(15-11-22)60(54,55)49-35-18(2)20(4)47-58-35;1-26(2)22-13-7-19(8-14-22)25(20-9-15-23(16-10-20)27(3)4)21-11-17-24(18-12-21)28(5)6/h5-16,31-32,48-49H,1-4H3,(H,41,50);7-18,25H,1-6H3. The Morgan fingerprint density at radius 2 is 0.920 bits per heavy atom. The van der Waals surface area contributed by atoms with Crippen LogP contribution >= 0.6 is 46.4 Å².